The Morgan fingerprint density at radius 1 is 0.200 bits per heavy atom. The Morgan fingerprint density at radius 3 is 0.944 bits per heavy atom. The van der Waals surface area contributed by atoms with E-state index in [0.29, 0.717) is 17.5 Å². The largest absolute Gasteiger partial charge is 0.245 e. The molecule has 0 saturated carbocycles. The van der Waals surface area contributed by atoms with E-state index in [1.54, 1.807) is 0 Å². The summed E-state index contributed by atoms with van der Waals surface area (Å²) < 4.78 is 5.03. The summed E-state index contributed by atoms with van der Waals surface area (Å²) in [4.78, 5) is 37.0. The monoisotopic (exact) mass is 1180 g/mol. The zero-order valence-corrected chi connectivity index (χ0v) is 49.7. The fraction of sp³-hybridized carbons (Fsp3) is 0. The third kappa shape index (κ3) is 8.97. The minimum absolute atomic E-state index is 0.578. The smallest absolute Gasteiger partial charge is 0.164 e. The van der Waals surface area contributed by atoms with Gasteiger partial charge in [-0.05, 0) is 76.9 Å². The van der Waals surface area contributed by atoms with E-state index in [-0.39, 0.29) is 0 Å². The molecule has 0 aliphatic heterocycles. The van der Waals surface area contributed by atoms with Crippen molar-refractivity contribution in [3.05, 3.63) is 285 Å². The van der Waals surface area contributed by atoms with E-state index in [1.807, 2.05) is 83.3 Å². The molecule has 7 nitrogen and oxygen atoms in total. The number of nitrogens with zero attached hydrogens (tertiary/aromatic N) is 7. The molecule has 0 unspecified atom stereocenters. The van der Waals surface area contributed by atoms with Gasteiger partial charge in [0.25, 0.3) is 0 Å². The summed E-state index contributed by atoms with van der Waals surface area (Å²) in [7, 11) is 0. The van der Waals surface area contributed by atoms with Crippen LogP contribution >= 0.6 is 22.7 Å². The minimum Gasteiger partial charge on any atom is -0.245 e. The lowest BCUT2D eigenvalue weighted by Gasteiger charge is -2.13. The van der Waals surface area contributed by atoms with Gasteiger partial charge in [-0.1, -0.05) is 231 Å². The van der Waals surface area contributed by atoms with Gasteiger partial charge in [-0.15, -0.1) is 22.7 Å². The normalized spacial score (nSPS) is 11.8. The van der Waals surface area contributed by atoms with E-state index in [2.05, 4.69) is 224 Å². The van der Waals surface area contributed by atoms with E-state index < -0.39 is 0 Å². The van der Waals surface area contributed by atoms with Crippen molar-refractivity contribution in [2.45, 2.75) is 0 Å². The Morgan fingerprint density at radius 2 is 0.522 bits per heavy atom. The summed E-state index contributed by atoms with van der Waals surface area (Å²) in [6.07, 6.45) is 0. The van der Waals surface area contributed by atoms with E-state index in [0.717, 1.165) is 128 Å². The van der Waals surface area contributed by atoms with E-state index in [4.69, 9.17) is 34.9 Å². The lowest BCUT2D eigenvalue weighted by Crippen LogP contribution is -2.00. The van der Waals surface area contributed by atoms with Crippen molar-refractivity contribution in [1.29, 1.82) is 0 Å². The predicted molar refractivity (Wildman–Crippen MR) is 376 cm³/mol. The first-order valence-corrected chi connectivity index (χ1v) is 31.6. The van der Waals surface area contributed by atoms with Gasteiger partial charge in [-0.25, -0.2) is 34.9 Å². The molecule has 0 radical (unpaired) electrons. The second-order valence-corrected chi connectivity index (χ2v) is 24.9. The van der Waals surface area contributed by atoms with E-state index >= 15 is 0 Å². The molecule has 0 N–H and O–H groups in total. The molecule has 0 spiro atoms. The average molecular weight is 1180 g/mol. The molecular formula is C81H47N7S2. The Balaban J connectivity index is 0.723. The third-order valence-corrected chi connectivity index (χ3v) is 19.8. The van der Waals surface area contributed by atoms with Gasteiger partial charge in [0.2, 0.25) is 0 Å². The summed E-state index contributed by atoms with van der Waals surface area (Å²) in [5.74, 6) is 1.78. The van der Waals surface area contributed by atoms with Crippen molar-refractivity contribution in [3.63, 3.8) is 0 Å². The van der Waals surface area contributed by atoms with Gasteiger partial charge >= 0.3 is 0 Å². The summed E-state index contributed by atoms with van der Waals surface area (Å²) in [6, 6.07) is 100. The Kier molecular flexibility index (Phi) is 12.1. The second-order valence-electron chi connectivity index (χ2n) is 22.8. The number of hydrogen-bond acceptors (Lipinski definition) is 9. The summed E-state index contributed by atoms with van der Waals surface area (Å²) in [5.41, 5.74) is 18.2. The fourth-order valence-corrected chi connectivity index (χ4v) is 15.2. The molecule has 90 heavy (non-hydrogen) atoms. The van der Waals surface area contributed by atoms with Crippen LogP contribution < -0.4 is 0 Å². The molecule has 18 aromatic rings. The van der Waals surface area contributed by atoms with Crippen molar-refractivity contribution in [2.75, 3.05) is 0 Å². The third-order valence-electron chi connectivity index (χ3n) is 17.3. The van der Waals surface area contributed by atoms with Crippen molar-refractivity contribution in [3.8, 4) is 101 Å². The van der Waals surface area contributed by atoms with Crippen LogP contribution in [0, 0.1) is 0 Å². The number of pyridine rings is 4. The van der Waals surface area contributed by atoms with Crippen molar-refractivity contribution in [2.24, 2.45) is 0 Å². The van der Waals surface area contributed by atoms with Crippen molar-refractivity contribution in [1.82, 2.24) is 34.9 Å². The van der Waals surface area contributed by atoms with Crippen molar-refractivity contribution < 1.29 is 0 Å². The maximum Gasteiger partial charge on any atom is 0.164 e. The van der Waals surface area contributed by atoms with Gasteiger partial charge < -0.3 is 0 Å². The second kappa shape index (κ2) is 21.1. The molecule has 7 heterocycles. The van der Waals surface area contributed by atoms with Crippen LogP contribution in [0.1, 0.15) is 0 Å². The average Bonchev–Trinajstić information content (AvgIpc) is 1.32. The van der Waals surface area contributed by atoms with E-state index in [9.17, 15) is 0 Å². The van der Waals surface area contributed by atoms with Crippen LogP contribution in [0.25, 0.3) is 185 Å². The highest BCUT2D eigenvalue weighted by molar-refractivity contribution is 7.26. The minimum atomic E-state index is 0.578. The van der Waals surface area contributed by atoms with Crippen LogP contribution in [0.2, 0.25) is 0 Å². The van der Waals surface area contributed by atoms with Crippen LogP contribution in [-0.4, -0.2) is 34.9 Å². The van der Waals surface area contributed by atoms with Crippen LogP contribution in [0.5, 0.6) is 0 Å². The molecular weight excluding hydrogens is 1140 g/mol. The highest BCUT2D eigenvalue weighted by Crippen LogP contribution is 2.43. The number of thiophene rings is 2. The maximum atomic E-state index is 5.38. The molecule has 0 aliphatic rings. The van der Waals surface area contributed by atoms with Gasteiger partial charge in [0, 0.05) is 101 Å². The molecule has 0 bridgehead atoms. The molecule has 0 aliphatic carbocycles. The first-order chi connectivity index (χ1) is 44.5. The zero-order valence-electron chi connectivity index (χ0n) is 48.1. The van der Waals surface area contributed by atoms with Gasteiger partial charge in [-0.3, -0.25) is 0 Å². The summed E-state index contributed by atoms with van der Waals surface area (Å²) >= 11 is 3.64. The molecule has 18 rings (SSSR count). The number of benzene rings is 11. The quantitative estimate of drug-likeness (QED) is 0.133. The van der Waals surface area contributed by atoms with Crippen LogP contribution in [0.3, 0.4) is 0 Å². The Bertz CT molecular complexity index is 5550. The Labute approximate surface area is 524 Å². The van der Waals surface area contributed by atoms with Gasteiger partial charge in [-0.2, -0.15) is 0 Å². The topological polar surface area (TPSA) is 90.2 Å². The highest BCUT2D eigenvalue weighted by atomic mass is 32.1. The zero-order chi connectivity index (χ0) is 59.2. The Hall–Kier alpha value is -11.5. The highest BCUT2D eigenvalue weighted by Gasteiger charge is 2.19. The lowest BCUT2D eigenvalue weighted by atomic mass is 9.94. The first kappa shape index (κ1) is 51.7. The maximum absolute atomic E-state index is 5.38. The van der Waals surface area contributed by atoms with Crippen molar-refractivity contribution >= 4 is 107 Å². The lowest BCUT2D eigenvalue weighted by molar-refractivity contribution is 1.07. The molecule has 0 amide bonds. The predicted octanol–water partition coefficient (Wildman–Crippen LogP) is 21.8. The SMILES string of the molecule is c1ccc(-c2nc(-c3ccccc3)nc(-c3cc(-c4ccc(-c5ccc6ccc7ccc(-c8cccc9c8sc8ccccc89)nc7c6n5)cc4)cc(-c4ccc(-c5ccc6ccc7ccc(-c8cccc9c8sc8ccccc89)nc7c6n5)cc4)c3)n2)cc1. The first-order valence-electron chi connectivity index (χ1n) is 30.0. The van der Waals surface area contributed by atoms with Gasteiger partial charge in [0.05, 0.1) is 44.8 Å². The van der Waals surface area contributed by atoms with E-state index in [1.165, 1.54) is 40.3 Å². The number of rotatable bonds is 9. The number of hydrogen-bond donors (Lipinski definition) is 0. The summed E-state index contributed by atoms with van der Waals surface area (Å²) in [5, 5.41) is 9.24. The standard InChI is InChI=1S/C81H47N7S2/c1-3-13-56(14-4-1)79-86-80(57-15-5-2-6-16-57)88-81(87-79)60-46-58(48-25-29-50(30-26-48)67-41-37-52-33-35-54-39-43-69(84-75(54)73(52)82-67)65-21-11-19-63-61-17-7-9-23-71(61)89-77(63)65)45-59(47-60)49-27-31-51(32-28-49)68-42-38-53-34-36-55-40-44-70(85-76(55)74(53)83-68)66-22-12-20-64-62-18-8-10-24-72(62)90-78(64)66/h1-47H. The molecule has 0 fully saturated rings. The van der Waals surface area contributed by atoms with Crippen LogP contribution in [0.4, 0.5) is 0 Å². The number of aromatic nitrogens is 7. The molecule has 11 aromatic carbocycles. The molecule has 0 saturated heterocycles. The molecule has 7 aromatic heterocycles. The van der Waals surface area contributed by atoms with Gasteiger partial charge in [0.1, 0.15) is 0 Å². The molecule has 0 atom stereocenters. The fourth-order valence-electron chi connectivity index (χ4n) is 12.7. The van der Waals surface area contributed by atoms with Crippen LogP contribution in [-0.2, 0) is 0 Å². The van der Waals surface area contributed by atoms with Gasteiger partial charge in [0.15, 0.2) is 17.5 Å². The van der Waals surface area contributed by atoms with Crippen LogP contribution in [0.15, 0.2) is 285 Å². The molecule has 418 valence electrons. The number of fused-ring (bicyclic) bond motifs is 12. The molecule has 9 heteroatoms. The summed E-state index contributed by atoms with van der Waals surface area (Å²) in [6.45, 7) is 0.